The minimum absolute atomic E-state index is 0.220. The monoisotopic (exact) mass is 298 g/mol. The summed E-state index contributed by atoms with van der Waals surface area (Å²) < 4.78 is 26.4. The Morgan fingerprint density at radius 2 is 2.05 bits per heavy atom. The molecule has 0 aliphatic carbocycles. The summed E-state index contributed by atoms with van der Waals surface area (Å²) in [5, 5.41) is 12.1. The molecular weight excluding hydrogens is 278 g/mol. The zero-order chi connectivity index (χ0) is 15.4. The Balaban J connectivity index is 1.89. The second kappa shape index (κ2) is 6.85. The highest BCUT2D eigenvalue weighted by molar-refractivity contribution is 5.97. The van der Waals surface area contributed by atoms with Crippen molar-refractivity contribution in [2.24, 2.45) is 5.92 Å². The van der Waals surface area contributed by atoms with Crippen molar-refractivity contribution in [3.63, 3.8) is 0 Å². The number of phenols is 1. The predicted molar refractivity (Wildman–Crippen MR) is 75.2 cm³/mol. The van der Waals surface area contributed by atoms with Crippen LogP contribution in [0.4, 0.5) is 8.78 Å². The second-order valence-electron chi connectivity index (χ2n) is 5.60. The topological polar surface area (TPSA) is 52.6 Å². The van der Waals surface area contributed by atoms with Crippen LogP contribution in [0.3, 0.4) is 0 Å². The van der Waals surface area contributed by atoms with Gasteiger partial charge < -0.3 is 15.3 Å². The van der Waals surface area contributed by atoms with Crippen LogP contribution >= 0.6 is 0 Å². The molecule has 1 aromatic carbocycles. The number of carbonyl (C=O) groups is 1. The molecule has 1 atom stereocenters. The number of phenolic OH excluding ortho intramolecular Hbond substituents is 1. The van der Waals surface area contributed by atoms with E-state index in [1.807, 2.05) is 6.92 Å². The number of nitrogens with zero attached hydrogens (tertiary/aromatic N) is 1. The summed E-state index contributed by atoms with van der Waals surface area (Å²) in [6, 6.07) is 1.31. The number of rotatable bonds is 5. The zero-order valence-electron chi connectivity index (χ0n) is 12.0. The minimum atomic E-state index is -1.06. The van der Waals surface area contributed by atoms with Gasteiger partial charge >= 0.3 is 0 Å². The number of benzene rings is 1. The Labute approximate surface area is 122 Å². The normalized spacial score (nSPS) is 16.9. The molecule has 1 heterocycles. The molecule has 21 heavy (non-hydrogen) atoms. The van der Waals surface area contributed by atoms with Gasteiger partial charge in [0.1, 0.15) is 22.9 Å². The number of amides is 1. The van der Waals surface area contributed by atoms with Crippen molar-refractivity contribution in [1.82, 2.24) is 10.2 Å². The predicted octanol–water partition coefficient (Wildman–Crippen LogP) is 2.13. The molecular formula is C15H20F2N2O2. The molecule has 1 aliphatic rings. The van der Waals surface area contributed by atoms with E-state index in [2.05, 4.69) is 10.2 Å². The van der Waals surface area contributed by atoms with Gasteiger partial charge in [0.05, 0.1) is 0 Å². The lowest BCUT2D eigenvalue weighted by Crippen LogP contribution is -2.34. The van der Waals surface area contributed by atoms with Gasteiger partial charge in [-0.05, 0) is 31.8 Å². The van der Waals surface area contributed by atoms with Crippen LogP contribution in [-0.2, 0) is 0 Å². The number of likely N-dealkylation sites (tertiary alicyclic amines) is 1. The number of aromatic hydroxyl groups is 1. The lowest BCUT2D eigenvalue weighted by Gasteiger charge is -2.20. The molecule has 0 radical (unpaired) electrons. The lowest BCUT2D eigenvalue weighted by atomic mass is 10.1. The molecule has 1 amide bonds. The van der Waals surface area contributed by atoms with Crippen molar-refractivity contribution < 1.29 is 18.7 Å². The molecule has 0 unspecified atom stereocenters. The van der Waals surface area contributed by atoms with Crippen LogP contribution in [0, 0.1) is 17.6 Å². The fourth-order valence-corrected chi connectivity index (χ4v) is 2.61. The molecule has 1 fully saturated rings. The Hall–Kier alpha value is -1.69. The molecule has 2 rings (SSSR count). The molecule has 1 aromatic rings. The highest BCUT2D eigenvalue weighted by Gasteiger charge is 2.20. The average Bonchev–Trinajstić information content (AvgIpc) is 2.88. The van der Waals surface area contributed by atoms with Crippen LogP contribution in [0.15, 0.2) is 12.1 Å². The third kappa shape index (κ3) is 4.14. The van der Waals surface area contributed by atoms with Crippen molar-refractivity contribution in [1.29, 1.82) is 0 Å². The first-order chi connectivity index (χ1) is 9.97. The van der Waals surface area contributed by atoms with Gasteiger partial charge in [0.2, 0.25) is 0 Å². The Morgan fingerprint density at radius 1 is 1.38 bits per heavy atom. The quantitative estimate of drug-likeness (QED) is 0.875. The number of nitrogens with one attached hydrogen (secondary N) is 1. The van der Waals surface area contributed by atoms with Crippen LogP contribution < -0.4 is 5.32 Å². The van der Waals surface area contributed by atoms with Crippen molar-refractivity contribution in [2.75, 3.05) is 26.2 Å². The van der Waals surface area contributed by atoms with Crippen LogP contribution in [-0.4, -0.2) is 42.1 Å². The van der Waals surface area contributed by atoms with Crippen molar-refractivity contribution in [3.8, 4) is 5.75 Å². The summed E-state index contributed by atoms with van der Waals surface area (Å²) in [7, 11) is 0. The van der Waals surface area contributed by atoms with E-state index in [0.717, 1.165) is 25.7 Å². The highest BCUT2D eigenvalue weighted by atomic mass is 19.1. The molecule has 1 saturated heterocycles. The van der Waals surface area contributed by atoms with Gasteiger partial charge in [-0.2, -0.15) is 0 Å². The van der Waals surface area contributed by atoms with Crippen LogP contribution in [0.2, 0.25) is 0 Å². The highest BCUT2D eigenvalue weighted by Crippen LogP contribution is 2.21. The second-order valence-corrected chi connectivity index (χ2v) is 5.60. The van der Waals surface area contributed by atoms with E-state index in [1.54, 1.807) is 0 Å². The molecule has 2 N–H and O–H groups in total. The van der Waals surface area contributed by atoms with E-state index in [9.17, 15) is 18.7 Å². The van der Waals surface area contributed by atoms with Gasteiger partial charge in [-0.15, -0.1) is 0 Å². The standard InChI is InChI=1S/C15H20F2N2O2/c1-10(9-19-4-2-3-5-19)8-18-15(21)14-12(17)6-11(16)7-13(14)20/h6-7,10,20H,2-5,8-9H2,1H3,(H,18,21)/t10-/m0/s1. The third-order valence-corrected chi connectivity index (χ3v) is 3.64. The number of carbonyl (C=O) groups excluding carboxylic acids is 1. The van der Waals surface area contributed by atoms with Gasteiger partial charge in [0, 0.05) is 25.2 Å². The summed E-state index contributed by atoms with van der Waals surface area (Å²) in [6.07, 6.45) is 2.40. The maximum Gasteiger partial charge on any atom is 0.258 e. The first-order valence-corrected chi connectivity index (χ1v) is 7.16. The first-order valence-electron chi connectivity index (χ1n) is 7.16. The smallest absolute Gasteiger partial charge is 0.258 e. The van der Waals surface area contributed by atoms with E-state index < -0.39 is 28.9 Å². The van der Waals surface area contributed by atoms with Gasteiger partial charge in [0.25, 0.3) is 5.91 Å². The van der Waals surface area contributed by atoms with Crippen molar-refractivity contribution in [3.05, 3.63) is 29.3 Å². The maximum absolute atomic E-state index is 13.5. The zero-order valence-corrected chi connectivity index (χ0v) is 12.0. The van der Waals surface area contributed by atoms with Crippen LogP contribution in [0.25, 0.3) is 0 Å². The van der Waals surface area contributed by atoms with Gasteiger partial charge in [0.15, 0.2) is 0 Å². The molecule has 0 spiro atoms. The Morgan fingerprint density at radius 3 is 2.67 bits per heavy atom. The van der Waals surface area contributed by atoms with E-state index in [1.165, 1.54) is 12.8 Å². The Bertz CT molecular complexity index is 493. The van der Waals surface area contributed by atoms with E-state index in [0.29, 0.717) is 12.6 Å². The molecule has 6 heteroatoms. The van der Waals surface area contributed by atoms with E-state index in [4.69, 9.17) is 0 Å². The molecule has 4 nitrogen and oxygen atoms in total. The summed E-state index contributed by atoms with van der Waals surface area (Å²) in [4.78, 5) is 14.2. The molecule has 0 bridgehead atoms. The summed E-state index contributed by atoms with van der Waals surface area (Å²) in [5.74, 6) is -3.16. The molecule has 116 valence electrons. The van der Waals surface area contributed by atoms with Crippen molar-refractivity contribution in [2.45, 2.75) is 19.8 Å². The lowest BCUT2D eigenvalue weighted by molar-refractivity contribution is 0.0938. The fourth-order valence-electron chi connectivity index (χ4n) is 2.61. The van der Waals surface area contributed by atoms with Crippen LogP contribution in [0.1, 0.15) is 30.1 Å². The SMILES string of the molecule is C[C@@H](CNC(=O)c1c(O)cc(F)cc1F)CN1CCCC1. The van der Waals surface area contributed by atoms with Gasteiger partial charge in [-0.25, -0.2) is 8.78 Å². The van der Waals surface area contributed by atoms with E-state index >= 15 is 0 Å². The minimum Gasteiger partial charge on any atom is -0.507 e. The summed E-state index contributed by atoms with van der Waals surface area (Å²) >= 11 is 0. The van der Waals surface area contributed by atoms with Crippen molar-refractivity contribution >= 4 is 5.91 Å². The number of halogens is 2. The summed E-state index contributed by atoms with van der Waals surface area (Å²) in [6.45, 7) is 5.40. The van der Waals surface area contributed by atoms with Gasteiger partial charge in [-0.1, -0.05) is 6.92 Å². The fraction of sp³-hybridized carbons (Fsp3) is 0.533. The number of hydrogen-bond acceptors (Lipinski definition) is 3. The first kappa shape index (κ1) is 15.7. The third-order valence-electron chi connectivity index (χ3n) is 3.64. The Kier molecular flexibility index (Phi) is 5.12. The van der Waals surface area contributed by atoms with E-state index in [-0.39, 0.29) is 5.92 Å². The molecule has 0 saturated carbocycles. The molecule has 0 aromatic heterocycles. The average molecular weight is 298 g/mol. The van der Waals surface area contributed by atoms with Crippen LogP contribution in [0.5, 0.6) is 5.75 Å². The number of hydrogen-bond donors (Lipinski definition) is 2. The summed E-state index contributed by atoms with van der Waals surface area (Å²) in [5.41, 5.74) is -0.509. The van der Waals surface area contributed by atoms with Gasteiger partial charge in [-0.3, -0.25) is 4.79 Å². The maximum atomic E-state index is 13.5. The molecule has 1 aliphatic heterocycles. The largest absolute Gasteiger partial charge is 0.507 e.